The predicted octanol–water partition coefficient (Wildman–Crippen LogP) is -2.22. The predicted molar refractivity (Wildman–Crippen MR) is 112 cm³/mol. The fraction of sp³-hybridized carbons (Fsp3) is 0.647. The third kappa shape index (κ3) is 6.66. The van der Waals surface area contributed by atoms with Gasteiger partial charge in [0.25, 0.3) is 10.9 Å². The molecule has 0 amide bonds. The van der Waals surface area contributed by atoms with Crippen LogP contribution in [0.25, 0.3) is 0 Å². The summed E-state index contributed by atoms with van der Waals surface area (Å²) in [5, 5.41) is 34.6. The summed E-state index contributed by atoms with van der Waals surface area (Å²) < 4.78 is 31.7. The maximum atomic E-state index is 12.1. The van der Waals surface area contributed by atoms with Gasteiger partial charge in [-0.2, -0.15) is 13.2 Å². The number of rotatable bonds is 9. The normalized spacial score (nSPS) is 20.4. The van der Waals surface area contributed by atoms with E-state index in [1.54, 1.807) is 16.8 Å². The van der Waals surface area contributed by atoms with Gasteiger partial charge < -0.3 is 41.5 Å². The summed E-state index contributed by atoms with van der Waals surface area (Å²) in [5.41, 5.74) is 9.19. The second kappa shape index (κ2) is 11.0. The molecule has 0 aromatic heterocycles. The lowest BCUT2D eigenvalue weighted by Crippen LogP contribution is -2.55. The molecule has 186 valence electrons. The molecule has 12 nitrogen and oxygen atoms in total. The van der Waals surface area contributed by atoms with Gasteiger partial charge in [-0.3, -0.25) is 14.4 Å². The molecule has 1 aromatic carbocycles. The van der Waals surface area contributed by atoms with Crippen molar-refractivity contribution in [2.45, 2.75) is 30.9 Å². The molecular weight excluding hydrogens is 456 g/mol. The average Bonchev–Trinajstić information content (AvgIpc) is 3.01. The van der Waals surface area contributed by atoms with E-state index >= 15 is 0 Å². The highest BCUT2D eigenvalue weighted by Gasteiger charge is 2.51. The third-order valence-electron chi connectivity index (χ3n) is 5.30. The highest BCUT2D eigenvalue weighted by molar-refractivity contribution is 6.40. The van der Waals surface area contributed by atoms with Gasteiger partial charge in [-0.1, -0.05) is 6.42 Å². The van der Waals surface area contributed by atoms with Crippen molar-refractivity contribution in [2.24, 2.45) is 17.4 Å². The summed E-state index contributed by atoms with van der Waals surface area (Å²) in [6, 6.07) is 0. The fourth-order valence-corrected chi connectivity index (χ4v) is 3.57. The Balaban J connectivity index is 0.000000675. The fourth-order valence-electron chi connectivity index (χ4n) is 3.57. The zero-order valence-electron chi connectivity index (χ0n) is 17.7. The van der Waals surface area contributed by atoms with Crippen LogP contribution in [0.2, 0.25) is 6.32 Å². The van der Waals surface area contributed by atoms with E-state index in [1.807, 2.05) is 0 Å². The van der Waals surface area contributed by atoms with Crippen molar-refractivity contribution in [1.29, 1.82) is 0 Å². The topological polar surface area (TPSA) is 208 Å². The van der Waals surface area contributed by atoms with Gasteiger partial charge in [0.2, 0.25) is 0 Å². The van der Waals surface area contributed by atoms with E-state index in [2.05, 4.69) is 0 Å². The second-order valence-electron chi connectivity index (χ2n) is 7.70. The molecule has 1 aliphatic rings. The molecule has 0 radical (unpaired) electrons. The number of nitrogens with two attached hydrogens (primary N) is 2. The zero-order valence-corrected chi connectivity index (χ0v) is 17.7. The molecule has 1 fully saturated rings. The van der Waals surface area contributed by atoms with Crippen molar-refractivity contribution in [1.82, 2.24) is 0 Å². The Kier molecular flexibility index (Phi) is 9.41. The summed E-state index contributed by atoms with van der Waals surface area (Å²) in [4.78, 5) is 47.8. The van der Waals surface area contributed by atoms with Crippen molar-refractivity contribution in [2.75, 3.05) is 43.0 Å². The molecule has 2 rings (SSSR count). The van der Waals surface area contributed by atoms with E-state index in [-0.39, 0.29) is 30.8 Å². The molecule has 0 bridgehead atoms. The number of carboxylic acids is 2. The highest BCUT2D eigenvalue weighted by Crippen LogP contribution is 2.35. The number of hydrogen-bond donors (Lipinski definition) is 6. The molecule has 2 atom stereocenters. The van der Waals surface area contributed by atoms with Crippen LogP contribution in [-0.2, 0) is 9.59 Å². The second-order valence-corrected chi connectivity index (χ2v) is 7.70. The number of carboxylic acid groups (broad SMARTS) is 2. The smallest absolute Gasteiger partial charge is 0.480 e. The van der Waals surface area contributed by atoms with Crippen molar-refractivity contribution in [3.8, 4) is 0 Å². The first kappa shape index (κ1) is 28.3. The van der Waals surface area contributed by atoms with Crippen molar-refractivity contribution >= 4 is 30.4 Å². The number of anilines is 2. The lowest BCUT2D eigenvalue weighted by atomic mass is 9.78. The largest absolute Gasteiger partial charge is 0.490 e. The summed E-state index contributed by atoms with van der Waals surface area (Å²) >= 11 is 0. The van der Waals surface area contributed by atoms with Crippen LogP contribution in [0.4, 0.5) is 24.5 Å². The number of alkyl halides is 3. The minimum absolute atomic E-state index is 0.0942. The lowest BCUT2D eigenvalue weighted by molar-refractivity contribution is -0.192. The van der Waals surface area contributed by atoms with Crippen LogP contribution in [0.5, 0.6) is 0 Å². The Hall–Kier alpha value is -2.69. The minimum Gasteiger partial charge on any atom is -0.480 e. The number of nitrogens with zero attached hydrogens (tertiary/aromatic N) is 2. The van der Waals surface area contributed by atoms with Crippen LogP contribution in [0.3, 0.4) is 0 Å². The Morgan fingerprint density at radius 2 is 1.79 bits per heavy atom. The molecule has 0 saturated carbocycles. The molecular formula is C17H26BF3N4O8. The summed E-state index contributed by atoms with van der Waals surface area (Å²) in [6.45, 7) is 0.800. The van der Waals surface area contributed by atoms with E-state index in [4.69, 9.17) is 31.4 Å². The van der Waals surface area contributed by atoms with Crippen LogP contribution >= 0.6 is 0 Å². The quantitative estimate of drug-likeness (QED) is 0.163. The van der Waals surface area contributed by atoms with Gasteiger partial charge in [0, 0.05) is 39.1 Å². The number of halogens is 3. The van der Waals surface area contributed by atoms with Gasteiger partial charge in [0.15, 0.2) is 0 Å². The highest BCUT2D eigenvalue weighted by atomic mass is 19.4. The molecule has 1 aromatic rings. The van der Waals surface area contributed by atoms with Gasteiger partial charge in [0.05, 0.1) is 0 Å². The van der Waals surface area contributed by atoms with E-state index in [0.29, 0.717) is 25.9 Å². The first-order chi connectivity index (χ1) is 15.1. The Bertz CT molecular complexity index is 921. The summed E-state index contributed by atoms with van der Waals surface area (Å²) in [6.07, 6.45) is -4.23. The van der Waals surface area contributed by atoms with Crippen molar-refractivity contribution < 1.29 is 43.0 Å². The van der Waals surface area contributed by atoms with E-state index in [1.165, 1.54) is 0 Å². The van der Waals surface area contributed by atoms with Crippen LogP contribution in [-0.4, -0.2) is 84.3 Å². The van der Waals surface area contributed by atoms with Crippen LogP contribution < -0.4 is 32.1 Å². The number of hydrogen-bond acceptors (Lipinski definition) is 10. The standard InChI is InChI=1S/C15H25BN4O6.C2HF3O2/c1-19(6-5-17)10-11(13(22)12(10)21)20-7-9(3-2-4-16(25)26)15(18,8-20)14(23)24;3-2(4,5)1(6)7/h9,25-26H,2-8,17-18H2,1H3,(H,23,24);(H,6,7)/t9-,15-;/m0./s1. The monoisotopic (exact) mass is 482 g/mol. The molecule has 0 spiro atoms. The Labute approximate surface area is 186 Å². The lowest BCUT2D eigenvalue weighted by Gasteiger charge is -2.28. The molecule has 1 heterocycles. The minimum atomic E-state index is -5.08. The van der Waals surface area contributed by atoms with Crippen molar-refractivity contribution in [3.05, 3.63) is 20.4 Å². The molecule has 1 saturated heterocycles. The van der Waals surface area contributed by atoms with Crippen molar-refractivity contribution in [3.63, 3.8) is 0 Å². The van der Waals surface area contributed by atoms with Gasteiger partial charge in [-0.25, -0.2) is 4.79 Å². The van der Waals surface area contributed by atoms with Gasteiger partial charge >= 0.3 is 25.2 Å². The Morgan fingerprint density at radius 3 is 2.21 bits per heavy atom. The summed E-state index contributed by atoms with van der Waals surface area (Å²) in [7, 11) is 0.185. The summed E-state index contributed by atoms with van der Waals surface area (Å²) in [5.74, 6) is -4.44. The molecule has 16 heteroatoms. The van der Waals surface area contributed by atoms with Gasteiger partial charge in [-0.05, 0) is 12.7 Å². The number of aliphatic carboxylic acids is 2. The van der Waals surface area contributed by atoms with E-state index in [9.17, 15) is 32.7 Å². The molecule has 8 N–H and O–H groups in total. The maximum Gasteiger partial charge on any atom is 0.490 e. The number of carbonyl (C=O) groups is 2. The maximum absolute atomic E-state index is 12.1. The molecule has 0 aliphatic carbocycles. The average molecular weight is 482 g/mol. The van der Waals surface area contributed by atoms with Crippen LogP contribution in [0.15, 0.2) is 9.59 Å². The van der Waals surface area contributed by atoms with Crippen LogP contribution in [0.1, 0.15) is 12.8 Å². The first-order valence-electron chi connectivity index (χ1n) is 9.75. The SMILES string of the molecule is CN(CCN)c1c(N2C[C@H](CCCB(O)O)[C@](N)(C(=O)O)C2)c(=O)c1=O.O=C(O)C(F)(F)F. The van der Waals surface area contributed by atoms with E-state index in [0.717, 1.165) is 0 Å². The number of likely N-dealkylation sites (N-methyl/N-ethyl adjacent to an activating group) is 1. The molecule has 1 aliphatic heterocycles. The molecule has 33 heavy (non-hydrogen) atoms. The van der Waals surface area contributed by atoms with Gasteiger partial charge in [0.1, 0.15) is 16.9 Å². The molecule has 0 unspecified atom stereocenters. The third-order valence-corrected chi connectivity index (χ3v) is 5.30. The first-order valence-corrected chi connectivity index (χ1v) is 9.75. The van der Waals surface area contributed by atoms with E-state index < -0.39 is 47.5 Å². The Morgan fingerprint density at radius 1 is 1.24 bits per heavy atom. The van der Waals surface area contributed by atoms with Crippen LogP contribution in [0, 0.1) is 5.92 Å². The van der Waals surface area contributed by atoms with Gasteiger partial charge in [-0.15, -0.1) is 0 Å². The zero-order chi connectivity index (χ0) is 25.7.